The van der Waals surface area contributed by atoms with Gasteiger partial charge in [0.15, 0.2) is 5.96 Å². The van der Waals surface area contributed by atoms with E-state index in [-0.39, 0.29) is 35.8 Å². The zero-order valence-electron chi connectivity index (χ0n) is 19.0. The molecule has 2 aromatic rings. The van der Waals surface area contributed by atoms with E-state index in [0.717, 1.165) is 43.1 Å². The predicted octanol–water partition coefficient (Wildman–Crippen LogP) is 3.86. The lowest BCUT2D eigenvalue weighted by Gasteiger charge is -2.20. The first kappa shape index (κ1) is 26.9. The Morgan fingerprint density at radius 1 is 1.15 bits per heavy atom. The van der Waals surface area contributed by atoms with Crippen molar-refractivity contribution in [3.05, 3.63) is 53.6 Å². The highest BCUT2D eigenvalue weighted by Gasteiger charge is 2.23. The summed E-state index contributed by atoms with van der Waals surface area (Å²) in [6.45, 7) is 0.0473. The summed E-state index contributed by atoms with van der Waals surface area (Å²) >= 11 is 0. The van der Waals surface area contributed by atoms with E-state index in [4.69, 9.17) is 9.47 Å². The number of alkyl halides is 2. The maximum atomic E-state index is 12.6. The van der Waals surface area contributed by atoms with Crippen LogP contribution in [0.15, 0.2) is 47.5 Å². The summed E-state index contributed by atoms with van der Waals surface area (Å²) in [5.74, 6) is 2.32. The number of guanidine groups is 1. The Hall–Kier alpha value is -2.34. The van der Waals surface area contributed by atoms with Crippen molar-refractivity contribution in [2.24, 2.45) is 4.99 Å². The summed E-state index contributed by atoms with van der Waals surface area (Å²) in [7, 11) is 4.97. The van der Waals surface area contributed by atoms with E-state index in [9.17, 15) is 8.78 Å². The van der Waals surface area contributed by atoms with Crippen molar-refractivity contribution in [2.75, 3.05) is 34.4 Å². The van der Waals surface area contributed by atoms with Crippen molar-refractivity contribution >= 4 is 29.9 Å². The summed E-state index contributed by atoms with van der Waals surface area (Å²) in [6, 6.07) is 12.8. The molecule has 1 aliphatic rings. The van der Waals surface area contributed by atoms with E-state index in [0.29, 0.717) is 18.1 Å². The smallest absolute Gasteiger partial charge is 0.387 e. The Kier molecular flexibility index (Phi) is 10.9. The molecule has 3 rings (SSSR count). The van der Waals surface area contributed by atoms with Crippen molar-refractivity contribution < 1.29 is 23.0 Å². The SMILES string of the molecule is CN=C(NCc1ccccc1OC(F)F)NC1CCN(Cc2cc(OC)cc(OC)c2)C1.I. The van der Waals surface area contributed by atoms with Crippen LogP contribution in [0.25, 0.3) is 0 Å². The second kappa shape index (κ2) is 13.4. The molecule has 2 N–H and O–H groups in total. The molecule has 0 radical (unpaired) electrons. The minimum absolute atomic E-state index is 0. The van der Waals surface area contributed by atoms with Gasteiger partial charge in [0, 0.05) is 50.9 Å². The van der Waals surface area contributed by atoms with Crippen LogP contribution in [0, 0.1) is 0 Å². The molecule has 1 saturated heterocycles. The van der Waals surface area contributed by atoms with Gasteiger partial charge in [-0.15, -0.1) is 24.0 Å². The van der Waals surface area contributed by atoms with Gasteiger partial charge in [0.1, 0.15) is 17.2 Å². The second-order valence-corrected chi connectivity index (χ2v) is 7.50. The summed E-state index contributed by atoms with van der Waals surface area (Å²) in [5.41, 5.74) is 1.76. The van der Waals surface area contributed by atoms with Crippen LogP contribution in [0.5, 0.6) is 17.2 Å². The van der Waals surface area contributed by atoms with E-state index in [1.807, 2.05) is 18.2 Å². The fourth-order valence-corrected chi connectivity index (χ4v) is 3.74. The average Bonchev–Trinajstić information content (AvgIpc) is 3.23. The van der Waals surface area contributed by atoms with E-state index in [1.165, 1.54) is 6.07 Å². The van der Waals surface area contributed by atoms with Crippen LogP contribution in [0.4, 0.5) is 8.78 Å². The fourth-order valence-electron chi connectivity index (χ4n) is 3.74. The molecule has 0 spiro atoms. The molecule has 1 fully saturated rings. The lowest BCUT2D eigenvalue weighted by atomic mass is 10.2. The molecule has 1 unspecified atom stereocenters. The highest BCUT2D eigenvalue weighted by molar-refractivity contribution is 14.0. The minimum atomic E-state index is -2.86. The maximum absolute atomic E-state index is 12.6. The van der Waals surface area contributed by atoms with Gasteiger partial charge in [-0.3, -0.25) is 9.89 Å². The normalized spacial score (nSPS) is 16.3. The van der Waals surface area contributed by atoms with Crippen LogP contribution in [0.3, 0.4) is 0 Å². The fraction of sp³-hybridized carbons (Fsp3) is 0.435. The third-order valence-corrected chi connectivity index (χ3v) is 5.29. The van der Waals surface area contributed by atoms with E-state index in [1.54, 1.807) is 39.5 Å². The molecule has 1 aliphatic heterocycles. The molecule has 1 atom stereocenters. The third kappa shape index (κ3) is 8.18. The number of nitrogens with one attached hydrogen (secondary N) is 2. The molecule has 10 heteroatoms. The number of hydrogen-bond acceptors (Lipinski definition) is 5. The number of hydrogen-bond donors (Lipinski definition) is 2. The lowest BCUT2D eigenvalue weighted by Crippen LogP contribution is -2.44. The number of para-hydroxylation sites is 1. The molecular weight excluding hydrogens is 545 g/mol. The van der Waals surface area contributed by atoms with Crippen LogP contribution in [-0.2, 0) is 13.1 Å². The highest BCUT2D eigenvalue weighted by atomic mass is 127. The summed E-state index contributed by atoms with van der Waals surface area (Å²) in [4.78, 5) is 6.62. The summed E-state index contributed by atoms with van der Waals surface area (Å²) < 4.78 is 40.5. The average molecular weight is 576 g/mol. The number of likely N-dealkylation sites (tertiary alicyclic amines) is 1. The van der Waals surface area contributed by atoms with Gasteiger partial charge in [0.25, 0.3) is 0 Å². The second-order valence-electron chi connectivity index (χ2n) is 7.50. The molecule has 0 aromatic heterocycles. The zero-order valence-corrected chi connectivity index (χ0v) is 21.3. The van der Waals surface area contributed by atoms with Gasteiger partial charge in [0.2, 0.25) is 0 Å². The molecule has 1 heterocycles. The number of benzene rings is 2. The van der Waals surface area contributed by atoms with Crippen molar-refractivity contribution in [3.63, 3.8) is 0 Å². The molecule has 0 saturated carbocycles. The molecular formula is C23H31F2IN4O3. The van der Waals surface area contributed by atoms with Gasteiger partial charge in [-0.1, -0.05) is 18.2 Å². The van der Waals surface area contributed by atoms with Crippen molar-refractivity contribution in [2.45, 2.75) is 32.2 Å². The monoisotopic (exact) mass is 576 g/mol. The first-order valence-electron chi connectivity index (χ1n) is 10.4. The molecule has 0 amide bonds. The van der Waals surface area contributed by atoms with Gasteiger partial charge in [0.05, 0.1) is 14.2 Å². The molecule has 0 bridgehead atoms. The Morgan fingerprint density at radius 2 is 1.85 bits per heavy atom. The highest BCUT2D eigenvalue weighted by Crippen LogP contribution is 2.24. The predicted molar refractivity (Wildman–Crippen MR) is 135 cm³/mol. The Morgan fingerprint density at radius 3 is 2.48 bits per heavy atom. The standard InChI is InChI=1S/C23H30F2N4O3.HI/c1-26-23(27-13-17-6-4-5-7-21(17)32-22(24)25)28-18-8-9-29(15-18)14-16-10-19(30-2)12-20(11-16)31-3;/h4-7,10-12,18,22H,8-9,13-15H2,1-3H3,(H2,26,27,28);1H. The number of halogens is 3. The van der Waals surface area contributed by atoms with E-state index >= 15 is 0 Å². The Balaban J connectivity index is 0.00000385. The van der Waals surface area contributed by atoms with Crippen LogP contribution in [0.2, 0.25) is 0 Å². The van der Waals surface area contributed by atoms with Crippen molar-refractivity contribution in [1.82, 2.24) is 15.5 Å². The summed E-state index contributed by atoms with van der Waals surface area (Å²) in [6.07, 6.45) is 0.965. The third-order valence-electron chi connectivity index (χ3n) is 5.29. The molecule has 7 nitrogen and oxygen atoms in total. The maximum Gasteiger partial charge on any atom is 0.387 e. The Labute approximate surface area is 210 Å². The van der Waals surface area contributed by atoms with Gasteiger partial charge < -0.3 is 24.8 Å². The molecule has 182 valence electrons. The Bertz CT molecular complexity index is 895. The minimum Gasteiger partial charge on any atom is -0.497 e. The van der Waals surface area contributed by atoms with Crippen LogP contribution in [-0.4, -0.2) is 57.9 Å². The number of aliphatic imine (C=N–C) groups is 1. The van der Waals surface area contributed by atoms with Gasteiger partial charge in [-0.2, -0.15) is 8.78 Å². The number of nitrogens with zero attached hydrogens (tertiary/aromatic N) is 2. The first-order valence-corrected chi connectivity index (χ1v) is 10.4. The summed E-state index contributed by atoms with van der Waals surface area (Å²) in [5, 5.41) is 6.60. The van der Waals surface area contributed by atoms with E-state index < -0.39 is 6.61 Å². The number of rotatable bonds is 9. The van der Waals surface area contributed by atoms with Crippen LogP contribution >= 0.6 is 24.0 Å². The van der Waals surface area contributed by atoms with Crippen molar-refractivity contribution in [1.29, 1.82) is 0 Å². The van der Waals surface area contributed by atoms with Crippen molar-refractivity contribution in [3.8, 4) is 17.2 Å². The zero-order chi connectivity index (χ0) is 22.9. The largest absolute Gasteiger partial charge is 0.497 e. The van der Waals surface area contributed by atoms with Crippen LogP contribution < -0.4 is 24.8 Å². The van der Waals surface area contributed by atoms with Crippen LogP contribution in [0.1, 0.15) is 17.5 Å². The quantitative estimate of drug-likeness (QED) is 0.269. The molecule has 2 aromatic carbocycles. The molecule has 0 aliphatic carbocycles. The van der Waals surface area contributed by atoms with Gasteiger partial charge in [-0.05, 0) is 30.2 Å². The lowest BCUT2D eigenvalue weighted by molar-refractivity contribution is -0.0504. The van der Waals surface area contributed by atoms with Gasteiger partial charge in [-0.25, -0.2) is 0 Å². The number of methoxy groups -OCH3 is 2. The van der Waals surface area contributed by atoms with E-state index in [2.05, 4.69) is 25.3 Å². The molecule has 33 heavy (non-hydrogen) atoms. The first-order chi connectivity index (χ1) is 15.5. The topological polar surface area (TPSA) is 67.4 Å². The number of ether oxygens (including phenoxy) is 3. The van der Waals surface area contributed by atoms with Gasteiger partial charge >= 0.3 is 6.61 Å².